The first-order chi connectivity index (χ1) is 28.6. The molecule has 2 N–H and O–H groups in total. The molecule has 2 fully saturated rings. The van der Waals surface area contributed by atoms with Gasteiger partial charge in [0.2, 0.25) is 11.7 Å². The van der Waals surface area contributed by atoms with Gasteiger partial charge in [-0.25, -0.2) is 14.5 Å². The molecule has 59 heavy (non-hydrogen) atoms. The Morgan fingerprint density at radius 3 is 2.59 bits per heavy atom. The average molecular weight is 814 g/mol. The molecule has 2 unspecified atom stereocenters. The number of amides is 4. The number of esters is 1. The van der Waals surface area contributed by atoms with E-state index in [0.717, 1.165) is 19.3 Å². The molecule has 312 valence electrons. The van der Waals surface area contributed by atoms with Gasteiger partial charge in [-0.2, -0.15) is 0 Å². The largest absolute Gasteiger partial charge is 0.493 e. The van der Waals surface area contributed by atoms with Crippen LogP contribution in [0.4, 0.5) is 21.9 Å². The van der Waals surface area contributed by atoms with E-state index in [2.05, 4.69) is 17.2 Å². The van der Waals surface area contributed by atoms with Gasteiger partial charge in [0.1, 0.15) is 17.9 Å². The first-order valence-corrected chi connectivity index (χ1v) is 19.5. The summed E-state index contributed by atoms with van der Waals surface area (Å²) in [7, 11) is 4.40. The Hall–Kier alpha value is -6.33. The molecule has 4 aromatic rings. The highest BCUT2D eigenvalue weighted by atomic mass is 16.7. The molecule has 2 saturated heterocycles. The second-order valence-corrected chi connectivity index (χ2v) is 14.3. The summed E-state index contributed by atoms with van der Waals surface area (Å²) in [6.07, 6.45) is 5.13. The van der Waals surface area contributed by atoms with Gasteiger partial charge in [-0.1, -0.05) is 12.7 Å². The van der Waals surface area contributed by atoms with Crippen LogP contribution in [0.1, 0.15) is 76.3 Å². The quantitative estimate of drug-likeness (QED) is 0.0831. The number of ether oxygens (including phenoxy) is 6. The lowest BCUT2D eigenvalue weighted by molar-refractivity contribution is -0.195. The highest BCUT2D eigenvalue weighted by molar-refractivity contribution is 6.07. The fourth-order valence-corrected chi connectivity index (χ4v) is 7.54. The number of aromatic nitrogens is 1. The van der Waals surface area contributed by atoms with Crippen LogP contribution in [-0.4, -0.2) is 98.4 Å². The highest BCUT2D eigenvalue weighted by Crippen LogP contribution is 2.42. The van der Waals surface area contributed by atoms with Crippen molar-refractivity contribution in [2.45, 2.75) is 63.5 Å². The number of aryl methyl sites for hydroxylation is 1. The zero-order valence-electron chi connectivity index (χ0n) is 33.2. The zero-order chi connectivity index (χ0) is 41.6. The van der Waals surface area contributed by atoms with Crippen LogP contribution in [0, 0.1) is 0 Å². The summed E-state index contributed by atoms with van der Waals surface area (Å²) in [6.45, 7) is 4.74. The highest BCUT2D eigenvalue weighted by Gasteiger charge is 2.48. The van der Waals surface area contributed by atoms with Gasteiger partial charge < -0.3 is 52.9 Å². The minimum absolute atomic E-state index is 0.0479. The summed E-state index contributed by atoms with van der Waals surface area (Å²) in [5, 5.41) is 6.26. The van der Waals surface area contributed by atoms with Crippen molar-refractivity contribution in [3.8, 4) is 11.5 Å². The Kier molecular flexibility index (Phi) is 12.5. The normalized spacial score (nSPS) is 18.7. The molecule has 0 spiro atoms. The molecule has 7 rings (SSSR count). The SMILES string of the molecule is C=CCOC(=O)N1c2cc(OCCCC(=O)Nc3cc(C(=O)Nc4ccc5oc(C(=O)OC)cc5c4)n(C)c3)c(OC)cc2C(=O)N2CCC[C@H]2C1OC1CCCCO1. The number of fused-ring (bicyclic) bond motifs is 3. The minimum Gasteiger partial charge on any atom is -0.493 e. The van der Waals surface area contributed by atoms with E-state index in [0.29, 0.717) is 60.5 Å². The number of rotatable bonds is 14. The van der Waals surface area contributed by atoms with E-state index in [1.165, 1.54) is 31.3 Å². The van der Waals surface area contributed by atoms with E-state index in [-0.39, 0.29) is 60.0 Å². The molecule has 4 amide bonds. The van der Waals surface area contributed by atoms with Crippen LogP contribution >= 0.6 is 0 Å². The number of nitrogens with one attached hydrogen (secondary N) is 2. The third kappa shape index (κ3) is 8.90. The number of methoxy groups -OCH3 is 2. The summed E-state index contributed by atoms with van der Waals surface area (Å²) >= 11 is 0. The predicted molar refractivity (Wildman–Crippen MR) is 214 cm³/mol. The van der Waals surface area contributed by atoms with E-state index in [4.69, 9.17) is 32.8 Å². The van der Waals surface area contributed by atoms with Crippen LogP contribution < -0.4 is 25.0 Å². The molecule has 2 aromatic heterocycles. The van der Waals surface area contributed by atoms with Gasteiger partial charge in [-0.15, -0.1) is 0 Å². The van der Waals surface area contributed by atoms with E-state index in [1.807, 2.05) is 0 Å². The second-order valence-electron chi connectivity index (χ2n) is 14.3. The number of furan rings is 1. The fraction of sp³-hybridized carbons (Fsp3) is 0.405. The maximum Gasteiger partial charge on any atom is 0.416 e. The van der Waals surface area contributed by atoms with Gasteiger partial charge in [-0.05, 0) is 74.9 Å². The van der Waals surface area contributed by atoms with Crippen molar-refractivity contribution in [2.24, 2.45) is 7.05 Å². The molecule has 0 aliphatic carbocycles. The Bertz CT molecular complexity index is 2240. The number of carbonyl (C=O) groups is 5. The summed E-state index contributed by atoms with van der Waals surface area (Å²) in [4.78, 5) is 69.1. The molecule has 0 radical (unpaired) electrons. The lowest BCUT2D eigenvalue weighted by Gasteiger charge is -2.38. The first kappa shape index (κ1) is 40.9. The van der Waals surface area contributed by atoms with Crippen molar-refractivity contribution in [1.82, 2.24) is 9.47 Å². The molecular formula is C42H47N5O12. The van der Waals surface area contributed by atoms with Crippen LogP contribution in [0.3, 0.4) is 0 Å². The maximum atomic E-state index is 14.1. The van der Waals surface area contributed by atoms with Crippen molar-refractivity contribution >= 4 is 57.8 Å². The summed E-state index contributed by atoms with van der Waals surface area (Å²) in [5.74, 6) is -1.02. The standard InChI is InChI=1S/C42H47N5O12/c1-5-16-57-42(52)47-30-23-34(33(53-3)22-28(30)39(50)46-15-8-10-29(46)40(47)59-37-12-6-7-17-56-37)55-18-9-11-36(48)43-27-21-31(45(2)24-27)38(49)44-26-13-14-32-25(19-26)20-35(58-32)41(51)54-4/h5,13-14,19-24,29,37,40H,1,6-12,15-18H2,2-4H3,(H,43,48)(H,44,49)/t29-,37?,40?/m0/s1. The third-order valence-electron chi connectivity index (χ3n) is 10.4. The van der Waals surface area contributed by atoms with Crippen LogP contribution in [-0.2, 0) is 30.8 Å². The number of anilines is 3. The predicted octanol–water partition coefficient (Wildman–Crippen LogP) is 6.23. The van der Waals surface area contributed by atoms with Crippen molar-refractivity contribution < 1.29 is 56.8 Å². The molecule has 3 aliphatic heterocycles. The van der Waals surface area contributed by atoms with Crippen molar-refractivity contribution in [3.63, 3.8) is 0 Å². The van der Waals surface area contributed by atoms with Crippen LogP contribution in [0.15, 0.2) is 65.7 Å². The summed E-state index contributed by atoms with van der Waals surface area (Å²) in [6, 6.07) is 10.7. The van der Waals surface area contributed by atoms with Gasteiger partial charge >= 0.3 is 12.1 Å². The summed E-state index contributed by atoms with van der Waals surface area (Å²) in [5.41, 5.74) is 2.13. The molecule has 0 saturated carbocycles. The fourth-order valence-electron chi connectivity index (χ4n) is 7.54. The molecule has 0 bridgehead atoms. The topological polar surface area (TPSA) is 189 Å². The Morgan fingerprint density at radius 1 is 0.983 bits per heavy atom. The maximum absolute atomic E-state index is 14.1. The Morgan fingerprint density at radius 2 is 1.83 bits per heavy atom. The van der Waals surface area contributed by atoms with Crippen LogP contribution in [0.5, 0.6) is 11.5 Å². The second kappa shape index (κ2) is 18.1. The van der Waals surface area contributed by atoms with E-state index in [9.17, 15) is 24.0 Å². The number of carbonyl (C=O) groups excluding carboxylic acids is 5. The van der Waals surface area contributed by atoms with Gasteiger partial charge in [-0.3, -0.25) is 14.4 Å². The van der Waals surface area contributed by atoms with Crippen molar-refractivity contribution in [1.29, 1.82) is 0 Å². The Balaban J connectivity index is 1.01. The van der Waals surface area contributed by atoms with Crippen molar-refractivity contribution in [2.75, 3.05) is 56.1 Å². The molecule has 5 heterocycles. The average Bonchev–Trinajstić information content (AvgIpc) is 3.98. The van der Waals surface area contributed by atoms with E-state index in [1.54, 1.807) is 59.1 Å². The van der Waals surface area contributed by atoms with Crippen molar-refractivity contribution in [3.05, 3.63) is 78.3 Å². The minimum atomic E-state index is -0.896. The van der Waals surface area contributed by atoms with E-state index < -0.39 is 36.5 Å². The van der Waals surface area contributed by atoms with Gasteiger partial charge in [0.05, 0.1) is 43.8 Å². The van der Waals surface area contributed by atoms with Gasteiger partial charge in [0, 0.05) is 50.0 Å². The molecule has 2 aromatic carbocycles. The first-order valence-electron chi connectivity index (χ1n) is 19.5. The Labute approximate surface area is 340 Å². The number of hydrogen-bond donors (Lipinski definition) is 2. The third-order valence-corrected chi connectivity index (χ3v) is 10.4. The van der Waals surface area contributed by atoms with E-state index >= 15 is 0 Å². The molecule has 3 atom stereocenters. The molecule has 3 aliphatic rings. The van der Waals surface area contributed by atoms with Gasteiger partial charge in [0.15, 0.2) is 24.0 Å². The molecule has 17 nitrogen and oxygen atoms in total. The zero-order valence-corrected chi connectivity index (χ0v) is 33.2. The lowest BCUT2D eigenvalue weighted by Crippen LogP contribution is -2.54. The monoisotopic (exact) mass is 813 g/mol. The number of benzene rings is 2. The smallest absolute Gasteiger partial charge is 0.416 e. The summed E-state index contributed by atoms with van der Waals surface area (Å²) < 4.78 is 41.6. The molecular weight excluding hydrogens is 766 g/mol. The number of hydrogen-bond acceptors (Lipinski definition) is 12. The molecule has 17 heteroatoms. The lowest BCUT2D eigenvalue weighted by atomic mass is 10.1. The van der Waals surface area contributed by atoms with Gasteiger partial charge in [0.25, 0.3) is 11.8 Å². The number of nitrogens with zero attached hydrogens (tertiary/aromatic N) is 3. The van der Waals surface area contributed by atoms with Crippen LogP contribution in [0.2, 0.25) is 0 Å². The van der Waals surface area contributed by atoms with Crippen LogP contribution in [0.25, 0.3) is 11.0 Å².